The van der Waals surface area contributed by atoms with Gasteiger partial charge in [0.25, 0.3) is 10.2 Å². The van der Waals surface area contributed by atoms with Gasteiger partial charge in [0.2, 0.25) is 0 Å². The van der Waals surface area contributed by atoms with Crippen LogP contribution in [0.1, 0.15) is 83.8 Å². The van der Waals surface area contributed by atoms with Crippen LogP contribution in [0.5, 0.6) is 0 Å². The van der Waals surface area contributed by atoms with E-state index in [1.807, 2.05) is 32.2 Å². The smallest absolute Gasteiger partial charge is 0.309 e. The summed E-state index contributed by atoms with van der Waals surface area (Å²) in [6.07, 6.45) is 1.51. The first kappa shape index (κ1) is 32.2. The highest BCUT2D eigenvalue weighted by molar-refractivity contribution is 7.87. The predicted molar refractivity (Wildman–Crippen MR) is 157 cm³/mol. The summed E-state index contributed by atoms with van der Waals surface area (Å²) in [7, 11) is -3.63. The number of esters is 1. The molecule has 230 valence electrons. The zero-order chi connectivity index (χ0) is 30.3. The number of carbonyl (C=O) groups excluding carboxylic acids is 2. The highest BCUT2D eigenvalue weighted by Gasteiger charge is 2.57. The van der Waals surface area contributed by atoms with Gasteiger partial charge in [0, 0.05) is 42.9 Å². The zero-order valence-corrected chi connectivity index (χ0v) is 26.6. The summed E-state index contributed by atoms with van der Waals surface area (Å²) < 4.78 is 35.8. The Bertz CT molecular complexity index is 1260. The predicted octanol–water partition coefficient (Wildman–Crippen LogP) is 3.32. The van der Waals surface area contributed by atoms with Crippen LogP contribution in [0.2, 0.25) is 0 Å². The van der Waals surface area contributed by atoms with Crippen molar-refractivity contribution in [3.63, 3.8) is 0 Å². The van der Waals surface area contributed by atoms with Gasteiger partial charge in [-0.15, -0.1) is 11.3 Å². The lowest BCUT2D eigenvalue weighted by Gasteiger charge is -2.34. The summed E-state index contributed by atoms with van der Waals surface area (Å²) in [6.45, 7) is 11.5. The standard InChI is InChI=1S/C29H45N3O7S2/c1-17-9-7-10-22-23(32(22)41(37,38)31-11-8-12-31)14-24(18(2)13-21-16-40-20(4)30-21)39-26(34)15-25(33)29(5,6)28(36)19(3)27(17)35/h13,16-17,19,22-25,27,33,35H,7-12,14-15H2,1-6H3/b18-13+/t17-,19+,22+,23?,24?,25-,27-,32?/m0/s1. The number of Topliss-reactive ketones (excluding diaryl/α,β-unsaturated/α-hetero) is 1. The number of thiazole rings is 1. The number of hydrogen-bond donors (Lipinski definition) is 2. The SMILES string of the molecule is C/C(=C\c1csc(C)n1)C1CC2[C@@H](CCC[C@H](C)[C@H](O)[C@@H](C)C(=O)C(C)(C)[C@@H](O)CC(=O)O1)N2S(=O)(=O)N1CCC1. The van der Waals surface area contributed by atoms with Crippen LogP contribution in [0.3, 0.4) is 0 Å². The molecule has 0 radical (unpaired) electrons. The molecule has 0 aliphatic carbocycles. The molecule has 2 N–H and O–H groups in total. The molecule has 10 nitrogen and oxygen atoms in total. The lowest BCUT2D eigenvalue weighted by molar-refractivity contribution is -0.154. The molecule has 4 rings (SSSR count). The quantitative estimate of drug-likeness (QED) is 0.391. The summed E-state index contributed by atoms with van der Waals surface area (Å²) in [4.78, 5) is 31.0. The van der Waals surface area contributed by atoms with Gasteiger partial charge in [-0.25, -0.2) is 4.98 Å². The van der Waals surface area contributed by atoms with Crippen LogP contribution in [-0.2, 0) is 24.5 Å². The number of hydrogen-bond acceptors (Lipinski definition) is 9. The van der Waals surface area contributed by atoms with Crippen LogP contribution in [0, 0.1) is 24.2 Å². The average molecular weight is 612 g/mol. The third kappa shape index (κ3) is 6.94. The first-order chi connectivity index (χ1) is 19.1. The number of ketones is 1. The fourth-order valence-electron chi connectivity index (χ4n) is 6.04. The Morgan fingerprint density at radius 2 is 1.83 bits per heavy atom. The Kier molecular flexibility index (Phi) is 9.82. The zero-order valence-electron chi connectivity index (χ0n) is 24.9. The van der Waals surface area contributed by atoms with E-state index in [2.05, 4.69) is 4.98 Å². The minimum Gasteiger partial charge on any atom is -0.458 e. The van der Waals surface area contributed by atoms with Crippen molar-refractivity contribution in [2.75, 3.05) is 13.1 Å². The van der Waals surface area contributed by atoms with E-state index in [1.165, 1.54) is 15.6 Å². The molecule has 3 aliphatic rings. The van der Waals surface area contributed by atoms with E-state index in [1.54, 1.807) is 25.1 Å². The van der Waals surface area contributed by atoms with Crippen LogP contribution >= 0.6 is 11.3 Å². The highest BCUT2D eigenvalue weighted by atomic mass is 32.2. The Balaban J connectivity index is 1.65. The van der Waals surface area contributed by atoms with Crippen LogP contribution in [0.4, 0.5) is 0 Å². The van der Waals surface area contributed by atoms with E-state index in [0.29, 0.717) is 32.4 Å². The fourth-order valence-corrected chi connectivity index (χ4v) is 8.70. The molecule has 0 amide bonds. The number of aryl methyl sites for hydroxylation is 1. The molecule has 1 aromatic rings. The summed E-state index contributed by atoms with van der Waals surface area (Å²) in [5, 5.41) is 24.8. The number of aromatic nitrogens is 1. The van der Waals surface area contributed by atoms with E-state index in [9.17, 15) is 28.2 Å². The van der Waals surface area contributed by atoms with Crippen molar-refractivity contribution in [1.29, 1.82) is 0 Å². The minimum absolute atomic E-state index is 0.197. The molecule has 0 aromatic carbocycles. The summed E-state index contributed by atoms with van der Waals surface area (Å²) in [6, 6.07) is -0.578. The van der Waals surface area contributed by atoms with E-state index < -0.39 is 52.2 Å². The number of nitrogens with zero attached hydrogens (tertiary/aromatic N) is 3. The maximum Gasteiger partial charge on any atom is 0.309 e. The van der Waals surface area contributed by atoms with E-state index in [0.717, 1.165) is 22.7 Å². The monoisotopic (exact) mass is 611 g/mol. The number of carbonyl (C=O) groups is 2. The van der Waals surface area contributed by atoms with Crippen LogP contribution in [0.15, 0.2) is 11.0 Å². The molecule has 12 heteroatoms. The second-order valence-corrected chi connectivity index (χ2v) is 15.5. The summed E-state index contributed by atoms with van der Waals surface area (Å²) >= 11 is 1.51. The Labute approximate surface area is 248 Å². The molecule has 3 aliphatic heterocycles. The summed E-state index contributed by atoms with van der Waals surface area (Å²) in [5.41, 5.74) is 0.184. The molecule has 1 aromatic heterocycles. The first-order valence-corrected chi connectivity index (χ1v) is 16.9. The van der Waals surface area contributed by atoms with Crippen molar-refractivity contribution in [3.8, 4) is 0 Å². The van der Waals surface area contributed by atoms with Gasteiger partial charge in [-0.05, 0) is 50.7 Å². The molecule has 3 saturated heterocycles. The lowest BCUT2D eigenvalue weighted by Crippen LogP contribution is -2.46. The second-order valence-electron chi connectivity index (χ2n) is 12.6. The van der Waals surface area contributed by atoms with Gasteiger partial charge in [0.1, 0.15) is 11.9 Å². The van der Waals surface area contributed by atoms with Crippen LogP contribution in [0.25, 0.3) is 6.08 Å². The fraction of sp³-hybridized carbons (Fsp3) is 0.759. The van der Waals surface area contributed by atoms with Crippen molar-refractivity contribution in [2.24, 2.45) is 17.3 Å². The van der Waals surface area contributed by atoms with Crippen molar-refractivity contribution >= 4 is 39.4 Å². The molecular weight excluding hydrogens is 566 g/mol. The minimum atomic E-state index is -3.63. The van der Waals surface area contributed by atoms with Crippen molar-refractivity contribution in [1.82, 2.24) is 13.6 Å². The van der Waals surface area contributed by atoms with Gasteiger partial charge < -0.3 is 14.9 Å². The van der Waals surface area contributed by atoms with Crippen LogP contribution < -0.4 is 0 Å². The third-order valence-corrected chi connectivity index (χ3v) is 12.0. The van der Waals surface area contributed by atoms with E-state index in [4.69, 9.17) is 4.74 Å². The molecule has 0 bridgehead atoms. The Hall–Kier alpha value is -1.70. The van der Waals surface area contributed by atoms with Gasteiger partial charge in [-0.1, -0.05) is 34.1 Å². The van der Waals surface area contributed by atoms with Gasteiger partial charge in [-0.2, -0.15) is 17.0 Å². The molecule has 8 atom stereocenters. The number of aliphatic hydroxyl groups is 2. The van der Waals surface area contributed by atoms with Gasteiger partial charge in [0.05, 0.1) is 34.7 Å². The van der Waals surface area contributed by atoms with E-state index >= 15 is 0 Å². The lowest BCUT2D eigenvalue weighted by atomic mass is 9.73. The number of ether oxygens (including phenoxy) is 1. The topological polar surface area (TPSA) is 137 Å². The Morgan fingerprint density at radius 3 is 2.41 bits per heavy atom. The van der Waals surface area contributed by atoms with Crippen molar-refractivity contribution < 1.29 is 33.0 Å². The van der Waals surface area contributed by atoms with Gasteiger partial charge >= 0.3 is 5.97 Å². The maximum atomic E-state index is 13.4. The number of rotatable bonds is 4. The largest absolute Gasteiger partial charge is 0.458 e. The highest BCUT2D eigenvalue weighted by Crippen LogP contribution is 2.43. The Morgan fingerprint density at radius 1 is 1.15 bits per heavy atom. The molecule has 4 heterocycles. The summed E-state index contributed by atoms with van der Waals surface area (Å²) in [5.74, 6) is -1.93. The van der Waals surface area contributed by atoms with E-state index in [-0.39, 0.29) is 30.2 Å². The normalized spacial score (nSPS) is 36.2. The molecule has 0 saturated carbocycles. The van der Waals surface area contributed by atoms with Crippen molar-refractivity contribution in [2.45, 2.75) is 110 Å². The molecule has 0 spiro atoms. The molecule has 41 heavy (non-hydrogen) atoms. The third-order valence-electron chi connectivity index (χ3n) is 9.16. The molecule has 3 fully saturated rings. The average Bonchev–Trinajstić information content (AvgIpc) is 3.40. The first-order valence-electron chi connectivity index (χ1n) is 14.6. The number of cyclic esters (lactones) is 1. The number of aliphatic hydroxyl groups excluding tert-OH is 2. The molecule has 3 unspecified atom stereocenters. The van der Waals surface area contributed by atoms with Crippen LogP contribution in [-0.4, -0.2) is 87.5 Å². The van der Waals surface area contributed by atoms with Gasteiger partial charge in [-0.3, -0.25) is 9.59 Å². The van der Waals surface area contributed by atoms with Gasteiger partial charge in [0.15, 0.2) is 0 Å². The maximum absolute atomic E-state index is 13.4. The van der Waals surface area contributed by atoms with Crippen molar-refractivity contribution in [3.05, 3.63) is 21.7 Å². The molecular formula is C29H45N3O7S2. The number of fused-ring (bicyclic) bond motifs is 1. The second kappa shape index (κ2) is 12.5.